The molecule has 0 aliphatic carbocycles. The van der Waals surface area contributed by atoms with Crippen LogP contribution in [0, 0.1) is 0 Å². The van der Waals surface area contributed by atoms with Crippen molar-refractivity contribution >= 4 is 23.5 Å². The van der Waals surface area contributed by atoms with Crippen molar-refractivity contribution in [3.8, 4) is 5.75 Å². The number of halogens is 3. The summed E-state index contributed by atoms with van der Waals surface area (Å²) in [6, 6.07) is 7.13. The Hall–Kier alpha value is -3.22. The van der Waals surface area contributed by atoms with Gasteiger partial charge in [0.1, 0.15) is 17.9 Å². The Morgan fingerprint density at radius 3 is 2.68 bits per heavy atom. The van der Waals surface area contributed by atoms with E-state index in [2.05, 4.69) is 40.5 Å². The predicted molar refractivity (Wildman–Crippen MR) is 124 cm³/mol. The Kier molecular flexibility index (Phi) is 9.62. The highest BCUT2D eigenvalue weighted by atomic mass is 19.4. The van der Waals surface area contributed by atoms with Gasteiger partial charge in [0.15, 0.2) is 0 Å². The zero-order chi connectivity index (χ0) is 24.2. The van der Waals surface area contributed by atoms with Gasteiger partial charge in [0.2, 0.25) is 0 Å². The van der Waals surface area contributed by atoms with Gasteiger partial charge in [0, 0.05) is 51.5 Å². The molecule has 9 nitrogen and oxygen atoms in total. The molecule has 0 saturated carbocycles. The standard InChI is InChI=1S/C22H28F3N7O2/c1-26-15-28-19(6-7-27-8-9-32-10-12-33-13-11-32)20-14-21(30-16-29-20)31-17-2-4-18(5-3-17)34-22(23,24)25/h2-6,14-16,27H,7-13H2,1H3,(H,26,28)(H,29,30,31)/b19-6-. The molecule has 1 fully saturated rings. The lowest BCUT2D eigenvalue weighted by molar-refractivity contribution is -0.274. The summed E-state index contributed by atoms with van der Waals surface area (Å²) < 4.78 is 46.2. The molecule has 0 radical (unpaired) electrons. The van der Waals surface area contributed by atoms with Gasteiger partial charge >= 0.3 is 6.36 Å². The van der Waals surface area contributed by atoms with E-state index in [1.807, 2.05) is 6.08 Å². The summed E-state index contributed by atoms with van der Waals surface area (Å²) in [5.41, 5.74) is 1.92. The van der Waals surface area contributed by atoms with Gasteiger partial charge in [0.05, 0.1) is 30.9 Å². The first kappa shape index (κ1) is 25.4. The summed E-state index contributed by atoms with van der Waals surface area (Å²) in [7, 11) is 1.66. The number of alkyl halides is 3. The minimum atomic E-state index is -4.73. The number of benzene rings is 1. The number of rotatable bonds is 11. The highest BCUT2D eigenvalue weighted by Crippen LogP contribution is 2.25. The molecule has 1 saturated heterocycles. The van der Waals surface area contributed by atoms with Crippen molar-refractivity contribution in [2.24, 2.45) is 4.99 Å². The van der Waals surface area contributed by atoms with Gasteiger partial charge in [-0.2, -0.15) is 0 Å². The number of nitrogens with zero attached hydrogens (tertiary/aromatic N) is 4. The van der Waals surface area contributed by atoms with E-state index >= 15 is 0 Å². The molecule has 3 rings (SSSR count). The van der Waals surface area contributed by atoms with E-state index in [4.69, 9.17) is 4.74 Å². The molecule has 2 aromatic rings. The van der Waals surface area contributed by atoms with Crippen LogP contribution < -0.4 is 20.7 Å². The fraction of sp³-hybridized carbons (Fsp3) is 0.409. The second kappa shape index (κ2) is 12.9. The molecule has 0 bridgehead atoms. The van der Waals surface area contributed by atoms with E-state index in [9.17, 15) is 13.2 Å². The number of hydrogen-bond donors (Lipinski definition) is 3. The lowest BCUT2D eigenvalue weighted by Crippen LogP contribution is -2.40. The maximum Gasteiger partial charge on any atom is 0.573 e. The van der Waals surface area contributed by atoms with Crippen LogP contribution in [0.4, 0.5) is 24.7 Å². The summed E-state index contributed by atoms with van der Waals surface area (Å²) in [5, 5.41) is 9.55. The maximum absolute atomic E-state index is 12.3. The zero-order valence-electron chi connectivity index (χ0n) is 18.8. The molecule has 1 aliphatic heterocycles. The van der Waals surface area contributed by atoms with Gasteiger partial charge < -0.3 is 25.4 Å². The van der Waals surface area contributed by atoms with Crippen molar-refractivity contribution in [2.75, 3.05) is 58.3 Å². The largest absolute Gasteiger partial charge is 0.573 e. The molecule has 0 spiro atoms. The summed E-state index contributed by atoms with van der Waals surface area (Å²) in [4.78, 5) is 14.8. The Balaban J connectivity index is 1.59. The molecule has 3 N–H and O–H groups in total. The fourth-order valence-corrected chi connectivity index (χ4v) is 3.17. The second-order valence-electron chi connectivity index (χ2n) is 7.29. The Morgan fingerprint density at radius 2 is 1.97 bits per heavy atom. The van der Waals surface area contributed by atoms with Gasteiger partial charge in [-0.25, -0.2) is 9.97 Å². The fourth-order valence-electron chi connectivity index (χ4n) is 3.17. The molecule has 2 heterocycles. The SMILES string of the molecule is CN=CN/C(=C\CNCCN1CCOCC1)c1cc(Nc2ccc(OC(F)(F)F)cc2)ncn1. The molecular formula is C22H28F3N7O2. The lowest BCUT2D eigenvalue weighted by atomic mass is 10.2. The third kappa shape index (κ3) is 8.96. The number of morpholine rings is 1. The van der Waals surface area contributed by atoms with Crippen LogP contribution in [0.3, 0.4) is 0 Å². The minimum absolute atomic E-state index is 0.296. The lowest BCUT2D eigenvalue weighted by Gasteiger charge is -2.26. The van der Waals surface area contributed by atoms with E-state index in [0.717, 1.165) is 45.1 Å². The van der Waals surface area contributed by atoms with Crippen LogP contribution in [0.2, 0.25) is 0 Å². The van der Waals surface area contributed by atoms with Crippen LogP contribution in [0.15, 0.2) is 47.7 Å². The first-order valence-corrected chi connectivity index (χ1v) is 10.8. The molecule has 1 aromatic heterocycles. The molecule has 34 heavy (non-hydrogen) atoms. The van der Waals surface area contributed by atoms with Crippen molar-refractivity contribution in [3.63, 3.8) is 0 Å². The summed E-state index contributed by atoms with van der Waals surface area (Å²) in [6.45, 7) is 5.87. The third-order valence-corrected chi connectivity index (χ3v) is 4.81. The van der Waals surface area contributed by atoms with Crippen LogP contribution in [0.25, 0.3) is 5.70 Å². The van der Waals surface area contributed by atoms with E-state index in [1.165, 1.54) is 30.6 Å². The van der Waals surface area contributed by atoms with Crippen molar-refractivity contribution in [2.45, 2.75) is 6.36 Å². The molecule has 0 atom stereocenters. The Labute approximate surface area is 196 Å². The molecule has 12 heteroatoms. The Bertz CT molecular complexity index is 946. The second-order valence-corrected chi connectivity index (χ2v) is 7.29. The first-order valence-electron chi connectivity index (χ1n) is 10.8. The van der Waals surface area contributed by atoms with Gasteiger partial charge in [-0.1, -0.05) is 0 Å². The normalized spacial score (nSPS) is 15.5. The highest BCUT2D eigenvalue weighted by molar-refractivity contribution is 5.75. The zero-order valence-corrected chi connectivity index (χ0v) is 18.8. The smallest absolute Gasteiger partial charge is 0.406 e. The van der Waals surface area contributed by atoms with Crippen LogP contribution >= 0.6 is 0 Å². The average molecular weight is 480 g/mol. The van der Waals surface area contributed by atoms with Gasteiger partial charge in [-0.15, -0.1) is 13.2 Å². The minimum Gasteiger partial charge on any atom is -0.406 e. The van der Waals surface area contributed by atoms with Gasteiger partial charge in [-0.05, 0) is 30.3 Å². The van der Waals surface area contributed by atoms with E-state index in [0.29, 0.717) is 23.7 Å². The third-order valence-electron chi connectivity index (χ3n) is 4.81. The summed E-state index contributed by atoms with van der Waals surface area (Å²) in [5.74, 6) is 0.187. The van der Waals surface area contributed by atoms with Crippen LogP contribution in [0.5, 0.6) is 5.75 Å². The van der Waals surface area contributed by atoms with Crippen LogP contribution in [-0.4, -0.2) is 80.6 Å². The van der Waals surface area contributed by atoms with Crippen LogP contribution in [-0.2, 0) is 4.74 Å². The number of nitrogens with one attached hydrogen (secondary N) is 3. The molecule has 0 unspecified atom stereocenters. The van der Waals surface area contributed by atoms with Crippen molar-refractivity contribution in [3.05, 3.63) is 48.4 Å². The van der Waals surface area contributed by atoms with E-state index in [-0.39, 0.29) is 5.75 Å². The van der Waals surface area contributed by atoms with Crippen molar-refractivity contribution < 1.29 is 22.6 Å². The van der Waals surface area contributed by atoms with E-state index in [1.54, 1.807) is 19.5 Å². The summed E-state index contributed by atoms with van der Waals surface area (Å²) >= 11 is 0. The Morgan fingerprint density at radius 1 is 1.21 bits per heavy atom. The number of ether oxygens (including phenoxy) is 2. The molecule has 0 amide bonds. The summed E-state index contributed by atoms with van der Waals surface area (Å²) in [6.07, 6.45) is 0.208. The molecule has 1 aromatic carbocycles. The number of aromatic nitrogens is 2. The average Bonchev–Trinajstić information content (AvgIpc) is 2.82. The van der Waals surface area contributed by atoms with Gasteiger partial charge in [0.25, 0.3) is 0 Å². The number of aliphatic imine (C=N–C) groups is 1. The molecule has 184 valence electrons. The predicted octanol–water partition coefficient (Wildman–Crippen LogP) is 2.63. The maximum atomic E-state index is 12.3. The van der Waals surface area contributed by atoms with Crippen molar-refractivity contribution in [1.82, 2.24) is 25.5 Å². The quantitative estimate of drug-likeness (QED) is 0.257. The molecular weight excluding hydrogens is 451 g/mol. The van der Waals surface area contributed by atoms with Crippen LogP contribution in [0.1, 0.15) is 5.69 Å². The number of anilines is 2. The molecule has 1 aliphatic rings. The highest BCUT2D eigenvalue weighted by Gasteiger charge is 2.30. The first-order chi connectivity index (χ1) is 16.4. The number of hydrogen-bond acceptors (Lipinski definition) is 8. The van der Waals surface area contributed by atoms with E-state index < -0.39 is 6.36 Å². The van der Waals surface area contributed by atoms with Gasteiger partial charge in [-0.3, -0.25) is 9.89 Å². The topological polar surface area (TPSA) is 95.9 Å². The monoisotopic (exact) mass is 479 g/mol. The van der Waals surface area contributed by atoms with Crippen molar-refractivity contribution in [1.29, 1.82) is 0 Å².